The molecule has 0 unspecified atom stereocenters. The first-order valence-electron chi connectivity index (χ1n) is 9.09. The number of alkyl halides is 3. The van der Waals surface area contributed by atoms with Gasteiger partial charge in [0.25, 0.3) is 5.56 Å². The standard InChI is InChI=1S/C20H22ClF3N2O4/c1-19(2,29)8-7-15(27)10-26-17(11-30-12-20(22,23)24)25-16(9-18(26)28)13-3-5-14(21)6-4-13/h3-6,9,29H,7-8,10-12H2,1-2H3. The zero-order valence-corrected chi connectivity index (χ0v) is 17.3. The molecule has 6 nitrogen and oxygen atoms in total. The molecular weight excluding hydrogens is 425 g/mol. The van der Waals surface area contributed by atoms with Crippen LogP contribution in [-0.2, 0) is 22.7 Å². The molecule has 0 bridgehead atoms. The third-order valence-electron chi connectivity index (χ3n) is 4.07. The van der Waals surface area contributed by atoms with Crippen molar-refractivity contribution in [2.45, 2.75) is 51.6 Å². The molecule has 0 radical (unpaired) electrons. The van der Waals surface area contributed by atoms with Gasteiger partial charge < -0.3 is 9.84 Å². The van der Waals surface area contributed by atoms with Crippen molar-refractivity contribution in [3.63, 3.8) is 0 Å². The number of hydrogen-bond acceptors (Lipinski definition) is 5. The van der Waals surface area contributed by atoms with Crippen LogP contribution in [0.15, 0.2) is 35.1 Å². The number of carbonyl (C=O) groups excluding carboxylic acids is 1. The number of ketones is 1. The smallest absolute Gasteiger partial charge is 0.390 e. The Hall–Kier alpha value is -2.23. The van der Waals surface area contributed by atoms with Gasteiger partial charge in [-0.05, 0) is 32.4 Å². The Morgan fingerprint density at radius 3 is 2.43 bits per heavy atom. The molecule has 0 fully saturated rings. The van der Waals surface area contributed by atoms with Crippen LogP contribution in [0, 0.1) is 0 Å². The van der Waals surface area contributed by atoms with Gasteiger partial charge in [-0.2, -0.15) is 13.2 Å². The summed E-state index contributed by atoms with van der Waals surface area (Å²) in [7, 11) is 0. The molecule has 0 aliphatic rings. The van der Waals surface area contributed by atoms with Gasteiger partial charge >= 0.3 is 6.18 Å². The fraction of sp³-hybridized carbons (Fsp3) is 0.450. The highest BCUT2D eigenvalue weighted by Gasteiger charge is 2.28. The van der Waals surface area contributed by atoms with Crippen molar-refractivity contribution in [1.29, 1.82) is 0 Å². The number of rotatable bonds is 9. The Balaban J connectivity index is 2.32. The third-order valence-corrected chi connectivity index (χ3v) is 4.33. The van der Waals surface area contributed by atoms with Crippen LogP contribution < -0.4 is 5.56 Å². The third kappa shape index (κ3) is 7.89. The number of nitrogens with zero attached hydrogens (tertiary/aromatic N) is 2. The SMILES string of the molecule is CC(C)(O)CCC(=O)Cn1c(COCC(F)(F)F)nc(-c2ccc(Cl)cc2)cc1=O. The topological polar surface area (TPSA) is 81.4 Å². The van der Waals surface area contributed by atoms with Gasteiger partial charge in [0, 0.05) is 23.1 Å². The highest BCUT2D eigenvalue weighted by atomic mass is 35.5. The lowest BCUT2D eigenvalue weighted by atomic mass is 10.0. The van der Waals surface area contributed by atoms with Crippen molar-refractivity contribution in [3.8, 4) is 11.3 Å². The van der Waals surface area contributed by atoms with Crippen molar-refractivity contribution in [1.82, 2.24) is 9.55 Å². The van der Waals surface area contributed by atoms with E-state index in [1.807, 2.05) is 0 Å². The fourth-order valence-corrected chi connectivity index (χ4v) is 2.69. The summed E-state index contributed by atoms with van der Waals surface area (Å²) in [5, 5.41) is 10.2. The number of Topliss-reactive ketones (excluding diaryl/α,β-unsaturated/α-hetero) is 1. The van der Waals surface area contributed by atoms with Crippen LogP contribution in [0.5, 0.6) is 0 Å². The minimum absolute atomic E-state index is 0.00226. The minimum atomic E-state index is -4.54. The summed E-state index contributed by atoms with van der Waals surface area (Å²) in [6.07, 6.45) is -4.37. The molecule has 1 aromatic heterocycles. The van der Waals surface area contributed by atoms with Gasteiger partial charge in [0.15, 0.2) is 5.78 Å². The monoisotopic (exact) mass is 446 g/mol. The molecule has 0 atom stereocenters. The lowest BCUT2D eigenvalue weighted by molar-refractivity contribution is -0.177. The van der Waals surface area contributed by atoms with E-state index in [9.17, 15) is 27.9 Å². The van der Waals surface area contributed by atoms with Crippen molar-refractivity contribution in [2.24, 2.45) is 0 Å². The average Bonchev–Trinajstić information content (AvgIpc) is 2.61. The lowest BCUT2D eigenvalue weighted by Crippen LogP contribution is -2.30. The molecule has 30 heavy (non-hydrogen) atoms. The number of aliphatic hydroxyl groups is 1. The van der Waals surface area contributed by atoms with E-state index >= 15 is 0 Å². The molecule has 1 heterocycles. The van der Waals surface area contributed by atoms with Crippen LogP contribution in [0.3, 0.4) is 0 Å². The molecule has 2 rings (SSSR count). The van der Waals surface area contributed by atoms with Crippen LogP contribution in [0.4, 0.5) is 13.2 Å². The molecule has 164 valence electrons. The number of hydrogen-bond donors (Lipinski definition) is 1. The summed E-state index contributed by atoms with van der Waals surface area (Å²) in [5.41, 5.74) is -0.899. The predicted octanol–water partition coefficient (Wildman–Crippen LogP) is 3.76. The summed E-state index contributed by atoms with van der Waals surface area (Å²) >= 11 is 5.85. The van der Waals surface area contributed by atoms with Crippen LogP contribution in [0.1, 0.15) is 32.5 Å². The molecule has 0 amide bonds. The number of benzene rings is 1. The summed E-state index contributed by atoms with van der Waals surface area (Å²) < 4.78 is 43.0. The van der Waals surface area contributed by atoms with E-state index in [2.05, 4.69) is 9.72 Å². The highest BCUT2D eigenvalue weighted by molar-refractivity contribution is 6.30. The van der Waals surface area contributed by atoms with Gasteiger partial charge in [0.05, 0.1) is 17.8 Å². The second kappa shape index (κ2) is 9.72. The first-order valence-corrected chi connectivity index (χ1v) is 9.47. The van der Waals surface area contributed by atoms with Crippen LogP contribution in [-0.4, -0.2) is 38.8 Å². The Labute approximate surface area is 176 Å². The average molecular weight is 447 g/mol. The number of carbonyl (C=O) groups is 1. The molecule has 0 saturated heterocycles. The molecule has 10 heteroatoms. The van der Waals surface area contributed by atoms with E-state index in [-0.39, 0.29) is 36.7 Å². The van der Waals surface area contributed by atoms with E-state index in [0.717, 1.165) is 4.57 Å². The maximum Gasteiger partial charge on any atom is 0.411 e. The molecular formula is C20H22ClF3N2O4. The van der Waals surface area contributed by atoms with Crippen LogP contribution >= 0.6 is 11.6 Å². The van der Waals surface area contributed by atoms with Gasteiger partial charge in [0.2, 0.25) is 0 Å². The Bertz CT molecular complexity index is 935. The molecule has 1 N–H and O–H groups in total. The largest absolute Gasteiger partial charge is 0.411 e. The first-order chi connectivity index (χ1) is 13.8. The Morgan fingerprint density at radius 2 is 1.87 bits per heavy atom. The second-order valence-electron chi connectivity index (χ2n) is 7.45. The van der Waals surface area contributed by atoms with Crippen molar-refractivity contribution in [3.05, 3.63) is 51.5 Å². The summed E-state index contributed by atoms with van der Waals surface area (Å²) in [5.74, 6) is -0.467. The summed E-state index contributed by atoms with van der Waals surface area (Å²) in [6.45, 7) is 0.597. The van der Waals surface area contributed by atoms with Crippen molar-refractivity contribution in [2.75, 3.05) is 6.61 Å². The van der Waals surface area contributed by atoms with Crippen LogP contribution in [0.25, 0.3) is 11.3 Å². The Morgan fingerprint density at radius 1 is 1.23 bits per heavy atom. The number of ether oxygens (including phenoxy) is 1. The minimum Gasteiger partial charge on any atom is -0.390 e. The number of aromatic nitrogens is 2. The fourth-order valence-electron chi connectivity index (χ4n) is 2.56. The zero-order chi connectivity index (χ0) is 22.5. The maximum atomic E-state index is 12.6. The molecule has 0 saturated carbocycles. The second-order valence-corrected chi connectivity index (χ2v) is 7.88. The van der Waals surface area contributed by atoms with Gasteiger partial charge in [-0.3, -0.25) is 14.2 Å². The highest BCUT2D eigenvalue weighted by Crippen LogP contribution is 2.20. The lowest BCUT2D eigenvalue weighted by Gasteiger charge is -2.17. The normalized spacial score (nSPS) is 12.2. The van der Waals surface area contributed by atoms with E-state index in [1.165, 1.54) is 6.07 Å². The quantitative estimate of drug-likeness (QED) is 0.634. The van der Waals surface area contributed by atoms with Crippen molar-refractivity contribution >= 4 is 17.4 Å². The van der Waals surface area contributed by atoms with Gasteiger partial charge in [-0.15, -0.1) is 0 Å². The molecule has 0 aliphatic heterocycles. The zero-order valence-electron chi connectivity index (χ0n) is 16.5. The van der Waals surface area contributed by atoms with E-state index in [4.69, 9.17) is 11.6 Å². The van der Waals surface area contributed by atoms with Gasteiger partial charge in [-0.1, -0.05) is 23.7 Å². The molecule has 0 aliphatic carbocycles. The summed E-state index contributed by atoms with van der Waals surface area (Å²) in [6, 6.07) is 7.60. The molecule has 0 spiro atoms. The van der Waals surface area contributed by atoms with E-state index < -0.39 is 30.6 Å². The van der Waals surface area contributed by atoms with Crippen LogP contribution in [0.2, 0.25) is 5.02 Å². The predicted molar refractivity (Wildman–Crippen MR) is 105 cm³/mol. The van der Waals surface area contributed by atoms with Gasteiger partial charge in [0.1, 0.15) is 19.0 Å². The van der Waals surface area contributed by atoms with Gasteiger partial charge in [-0.25, -0.2) is 4.98 Å². The molecule has 1 aromatic carbocycles. The van der Waals surface area contributed by atoms with Crippen molar-refractivity contribution < 1.29 is 27.8 Å². The first kappa shape index (κ1) is 24.0. The summed E-state index contributed by atoms with van der Waals surface area (Å²) in [4.78, 5) is 29.1. The molecule has 2 aromatic rings. The Kier molecular flexibility index (Phi) is 7.79. The number of halogens is 4. The van der Waals surface area contributed by atoms with E-state index in [1.54, 1.807) is 38.1 Å². The van der Waals surface area contributed by atoms with E-state index in [0.29, 0.717) is 10.6 Å². The maximum absolute atomic E-state index is 12.6.